The molecule has 1 aliphatic rings. The molecule has 0 amide bonds. The molecule has 0 saturated carbocycles. The number of fused-ring (bicyclic) bond motifs is 1. The van der Waals surface area contributed by atoms with Gasteiger partial charge in [0.1, 0.15) is 11.6 Å². The van der Waals surface area contributed by atoms with Crippen LogP contribution in [0.3, 0.4) is 0 Å². The number of methoxy groups -OCH3 is 1. The van der Waals surface area contributed by atoms with E-state index >= 15 is 0 Å². The van der Waals surface area contributed by atoms with E-state index in [1.807, 2.05) is 0 Å². The molecule has 2 aromatic heterocycles. The molecule has 0 spiro atoms. The zero-order valence-corrected chi connectivity index (χ0v) is 11.4. The quantitative estimate of drug-likeness (QED) is 0.834. The summed E-state index contributed by atoms with van der Waals surface area (Å²) < 4.78 is 30.7. The van der Waals surface area contributed by atoms with Gasteiger partial charge in [0.05, 0.1) is 24.3 Å². The van der Waals surface area contributed by atoms with Crippen molar-refractivity contribution in [3.8, 4) is 5.75 Å². The maximum absolute atomic E-state index is 11.9. The Morgan fingerprint density at radius 3 is 2.95 bits per heavy atom. The van der Waals surface area contributed by atoms with Crippen LogP contribution < -0.4 is 4.74 Å². The third kappa shape index (κ3) is 2.18. The van der Waals surface area contributed by atoms with E-state index < -0.39 is 9.84 Å². The topological polar surface area (TPSA) is 73.6 Å². The molecule has 7 heteroatoms. The molecule has 1 unspecified atom stereocenters. The highest BCUT2D eigenvalue weighted by Crippen LogP contribution is 2.23. The molecule has 102 valence electrons. The van der Waals surface area contributed by atoms with Gasteiger partial charge in [0.2, 0.25) is 0 Å². The first-order chi connectivity index (χ1) is 9.10. The van der Waals surface area contributed by atoms with Crippen molar-refractivity contribution in [3.05, 3.63) is 24.2 Å². The Labute approximate surface area is 111 Å². The molecule has 1 fully saturated rings. The predicted molar refractivity (Wildman–Crippen MR) is 70.1 cm³/mol. The lowest BCUT2D eigenvalue weighted by atomic mass is 10.2. The van der Waals surface area contributed by atoms with Crippen LogP contribution in [0.5, 0.6) is 5.75 Å². The fourth-order valence-electron chi connectivity index (χ4n) is 2.47. The minimum Gasteiger partial charge on any atom is -0.495 e. The Morgan fingerprint density at radius 1 is 1.42 bits per heavy atom. The lowest BCUT2D eigenvalue weighted by molar-refractivity contribution is 0.412. The van der Waals surface area contributed by atoms with E-state index in [4.69, 9.17) is 4.74 Å². The smallest absolute Gasteiger partial charge is 0.161 e. The molecule has 1 saturated heterocycles. The number of sulfone groups is 1. The highest BCUT2D eigenvalue weighted by atomic mass is 32.2. The summed E-state index contributed by atoms with van der Waals surface area (Å²) in [6.45, 7) is 0. The van der Waals surface area contributed by atoms with Crippen LogP contribution >= 0.6 is 0 Å². The fourth-order valence-corrected chi connectivity index (χ4v) is 4.30. The second kappa shape index (κ2) is 4.48. The van der Waals surface area contributed by atoms with Gasteiger partial charge in [-0.1, -0.05) is 0 Å². The molecule has 0 aliphatic carbocycles. The second-order valence-electron chi connectivity index (χ2n) is 4.75. The van der Waals surface area contributed by atoms with Crippen LogP contribution in [0.2, 0.25) is 0 Å². The van der Waals surface area contributed by atoms with Crippen LogP contribution in [-0.4, -0.2) is 41.1 Å². The van der Waals surface area contributed by atoms with Gasteiger partial charge in [-0.2, -0.15) is 0 Å². The highest BCUT2D eigenvalue weighted by molar-refractivity contribution is 7.92. The van der Waals surface area contributed by atoms with Crippen molar-refractivity contribution >= 4 is 15.5 Å². The molecule has 3 heterocycles. The van der Waals surface area contributed by atoms with Crippen molar-refractivity contribution in [1.29, 1.82) is 0 Å². The average molecular weight is 281 g/mol. The predicted octanol–water partition coefficient (Wildman–Crippen LogP) is 0.858. The lowest BCUT2D eigenvalue weighted by Crippen LogP contribution is -2.19. The lowest BCUT2D eigenvalue weighted by Gasteiger charge is -2.08. The van der Waals surface area contributed by atoms with Crippen LogP contribution in [0.4, 0.5) is 0 Å². The van der Waals surface area contributed by atoms with Gasteiger partial charge in [-0.3, -0.25) is 4.40 Å². The summed E-state index contributed by atoms with van der Waals surface area (Å²) >= 11 is 0. The monoisotopic (exact) mass is 281 g/mol. The van der Waals surface area contributed by atoms with E-state index in [1.165, 1.54) is 0 Å². The highest BCUT2D eigenvalue weighted by Gasteiger charge is 2.32. The average Bonchev–Trinajstić information content (AvgIpc) is 2.94. The minimum absolute atomic E-state index is 0.289. The van der Waals surface area contributed by atoms with Crippen LogP contribution in [-0.2, 0) is 16.3 Å². The molecule has 19 heavy (non-hydrogen) atoms. The summed E-state index contributed by atoms with van der Waals surface area (Å²) in [6, 6.07) is 3.61. The van der Waals surface area contributed by atoms with Gasteiger partial charge in [0, 0.05) is 6.42 Å². The van der Waals surface area contributed by atoms with E-state index in [9.17, 15) is 8.42 Å². The summed E-state index contributed by atoms with van der Waals surface area (Å²) in [7, 11) is -1.37. The largest absolute Gasteiger partial charge is 0.495 e. The van der Waals surface area contributed by atoms with Crippen molar-refractivity contribution in [3.63, 3.8) is 0 Å². The number of aromatic nitrogens is 3. The fraction of sp³-hybridized carbons (Fsp3) is 0.500. The van der Waals surface area contributed by atoms with Crippen molar-refractivity contribution in [2.75, 3.05) is 12.9 Å². The van der Waals surface area contributed by atoms with Crippen LogP contribution in [0.1, 0.15) is 18.7 Å². The van der Waals surface area contributed by atoms with E-state index in [0.717, 1.165) is 6.42 Å². The van der Waals surface area contributed by atoms with Gasteiger partial charge in [-0.05, 0) is 25.0 Å². The first-order valence-electron chi connectivity index (χ1n) is 6.19. The van der Waals surface area contributed by atoms with Crippen molar-refractivity contribution in [2.45, 2.75) is 24.5 Å². The number of rotatable bonds is 3. The van der Waals surface area contributed by atoms with Crippen LogP contribution in [0, 0.1) is 0 Å². The second-order valence-corrected chi connectivity index (χ2v) is 7.15. The Kier molecular flexibility index (Phi) is 2.93. The molecular weight excluding hydrogens is 266 g/mol. The number of pyridine rings is 1. The maximum Gasteiger partial charge on any atom is 0.161 e. The Balaban J connectivity index is 1.97. The molecule has 0 aromatic carbocycles. The minimum atomic E-state index is -2.96. The van der Waals surface area contributed by atoms with Gasteiger partial charge in [0.15, 0.2) is 15.5 Å². The number of nitrogens with zero attached hydrogens (tertiary/aromatic N) is 3. The van der Waals surface area contributed by atoms with E-state index in [2.05, 4.69) is 10.2 Å². The van der Waals surface area contributed by atoms with E-state index in [1.54, 1.807) is 29.8 Å². The summed E-state index contributed by atoms with van der Waals surface area (Å²) in [6.07, 6.45) is 3.65. The number of ether oxygens (including phenoxy) is 1. The summed E-state index contributed by atoms with van der Waals surface area (Å²) in [5.41, 5.74) is 0.700. The standard InChI is InChI=1S/C12H15N3O3S/c1-18-9-4-5-11-13-14-12(15(11)8-9)7-10-3-2-6-19(10,16)17/h4-5,8,10H,2-3,6-7H2,1H3. The van der Waals surface area contributed by atoms with E-state index in [0.29, 0.717) is 30.1 Å². The zero-order valence-electron chi connectivity index (χ0n) is 10.6. The molecule has 1 atom stereocenters. The normalized spacial score (nSPS) is 21.8. The summed E-state index contributed by atoms with van der Waals surface area (Å²) in [4.78, 5) is 0. The van der Waals surface area contributed by atoms with Crippen molar-refractivity contribution in [1.82, 2.24) is 14.6 Å². The molecular formula is C12H15N3O3S. The molecule has 6 nitrogen and oxygen atoms in total. The SMILES string of the molecule is COc1ccc2nnc(CC3CCCS3(=O)=O)n2c1. The molecule has 1 aliphatic heterocycles. The van der Waals surface area contributed by atoms with Gasteiger partial charge in [-0.15, -0.1) is 10.2 Å². The van der Waals surface area contributed by atoms with E-state index in [-0.39, 0.29) is 11.0 Å². The molecule has 0 radical (unpaired) electrons. The Bertz CT molecular complexity index is 708. The first-order valence-corrected chi connectivity index (χ1v) is 7.91. The molecule has 3 rings (SSSR count). The molecule has 2 aromatic rings. The first kappa shape index (κ1) is 12.4. The van der Waals surface area contributed by atoms with Gasteiger partial charge < -0.3 is 4.74 Å². The number of hydrogen-bond donors (Lipinski definition) is 0. The van der Waals surface area contributed by atoms with Crippen molar-refractivity contribution in [2.24, 2.45) is 0 Å². The third-order valence-corrected chi connectivity index (χ3v) is 5.83. The van der Waals surface area contributed by atoms with Crippen LogP contribution in [0.15, 0.2) is 18.3 Å². The van der Waals surface area contributed by atoms with Crippen molar-refractivity contribution < 1.29 is 13.2 Å². The Morgan fingerprint density at radius 2 is 2.26 bits per heavy atom. The summed E-state index contributed by atoms with van der Waals surface area (Å²) in [5, 5.41) is 7.81. The third-order valence-electron chi connectivity index (χ3n) is 3.55. The number of hydrogen-bond acceptors (Lipinski definition) is 5. The molecule has 0 bridgehead atoms. The van der Waals surface area contributed by atoms with Gasteiger partial charge in [-0.25, -0.2) is 8.42 Å². The maximum atomic E-state index is 11.9. The Hall–Kier alpha value is -1.63. The summed E-state index contributed by atoms with van der Waals surface area (Å²) in [5.74, 6) is 1.66. The van der Waals surface area contributed by atoms with Gasteiger partial charge in [0.25, 0.3) is 0 Å². The van der Waals surface area contributed by atoms with Gasteiger partial charge >= 0.3 is 0 Å². The van der Waals surface area contributed by atoms with Crippen LogP contribution in [0.25, 0.3) is 5.65 Å². The molecule has 0 N–H and O–H groups in total. The zero-order chi connectivity index (χ0) is 13.5.